The first kappa shape index (κ1) is 25.2. The fourth-order valence-corrected chi connectivity index (χ4v) is 5.95. The summed E-state index contributed by atoms with van der Waals surface area (Å²) >= 11 is 6.07. The van der Waals surface area contributed by atoms with Gasteiger partial charge in [0.25, 0.3) is 5.56 Å². The molecule has 0 bridgehead atoms. The summed E-state index contributed by atoms with van der Waals surface area (Å²) in [5.74, 6) is 0.208. The second-order valence-electron chi connectivity index (χ2n) is 10.1. The molecule has 1 saturated heterocycles. The minimum absolute atomic E-state index is 0.0810. The Kier molecular flexibility index (Phi) is 7.07. The zero-order chi connectivity index (χ0) is 25.4. The zero-order valence-corrected chi connectivity index (χ0v) is 21.4. The number of aromatic nitrogens is 4. The van der Waals surface area contributed by atoms with E-state index in [0.29, 0.717) is 23.9 Å². The van der Waals surface area contributed by atoms with Gasteiger partial charge in [-0.1, -0.05) is 23.7 Å². The molecule has 3 aromatic rings. The lowest BCUT2D eigenvalue weighted by Crippen LogP contribution is -2.41. The monoisotopic (exact) mass is 517 g/mol. The zero-order valence-electron chi connectivity index (χ0n) is 20.6. The van der Waals surface area contributed by atoms with Crippen LogP contribution in [0, 0.1) is 0 Å². The summed E-state index contributed by atoms with van der Waals surface area (Å²) in [7, 11) is 1.55. The Balaban J connectivity index is 1.62. The second-order valence-corrected chi connectivity index (χ2v) is 10.6. The van der Waals surface area contributed by atoms with E-state index in [1.165, 1.54) is 17.4 Å². The van der Waals surface area contributed by atoms with Gasteiger partial charge in [-0.15, -0.1) is 0 Å². The molecule has 10 heteroatoms. The van der Waals surface area contributed by atoms with E-state index >= 15 is 4.39 Å². The molecule has 0 radical (unpaired) electrons. The summed E-state index contributed by atoms with van der Waals surface area (Å²) in [6, 6.07) is 7.60. The molecular weight excluding hydrogens is 485 g/mol. The number of imidazole rings is 1. The highest BCUT2D eigenvalue weighted by Crippen LogP contribution is 2.43. The van der Waals surface area contributed by atoms with Crippen molar-refractivity contribution in [3.8, 4) is 0 Å². The van der Waals surface area contributed by atoms with Crippen LogP contribution in [-0.2, 0) is 25.8 Å². The first-order chi connectivity index (χ1) is 17.3. The maximum atomic E-state index is 16.7. The summed E-state index contributed by atoms with van der Waals surface area (Å²) in [5, 5.41) is 9.85. The topological polar surface area (TPSA) is 85.3 Å². The van der Waals surface area contributed by atoms with E-state index in [-0.39, 0.29) is 43.1 Å². The van der Waals surface area contributed by atoms with Crippen molar-refractivity contribution in [3.63, 3.8) is 0 Å². The summed E-state index contributed by atoms with van der Waals surface area (Å²) in [6.07, 6.45) is 4.79. The van der Waals surface area contributed by atoms with Crippen LogP contribution in [0.3, 0.4) is 0 Å². The molecule has 2 fully saturated rings. The summed E-state index contributed by atoms with van der Waals surface area (Å²) in [4.78, 5) is 33.6. The van der Waals surface area contributed by atoms with Gasteiger partial charge in [-0.05, 0) is 75.7 Å². The lowest BCUT2D eigenvalue weighted by molar-refractivity contribution is 0.0493. The van der Waals surface area contributed by atoms with Crippen LogP contribution < -0.4 is 11.2 Å². The Morgan fingerprint density at radius 3 is 2.42 bits per heavy atom. The minimum Gasteiger partial charge on any atom is -0.396 e. The van der Waals surface area contributed by atoms with Crippen LogP contribution >= 0.6 is 11.6 Å². The van der Waals surface area contributed by atoms with Crippen LogP contribution in [0.4, 0.5) is 4.39 Å². The third-order valence-electron chi connectivity index (χ3n) is 7.83. The smallest absolute Gasteiger partial charge is 0.332 e. The SMILES string of the molecule is Cn1c(=O)n(CCCO)c(=O)c2c1nc(C1(F)CCC(N3CCCC3)CC1)n2Cc1ccc(Cl)cc1. The molecule has 1 aliphatic heterocycles. The molecule has 8 nitrogen and oxygen atoms in total. The predicted molar refractivity (Wildman–Crippen MR) is 137 cm³/mol. The van der Waals surface area contributed by atoms with Crippen LogP contribution in [0.1, 0.15) is 56.3 Å². The number of aliphatic hydroxyl groups is 1. The molecule has 5 rings (SSSR count). The molecule has 1 saturated carbocycles. The van der Waals surface area contributed by atoms with Gasteiger partial charge in [0.05, 0.1) is 0 Å². The predicted octanol–water partition coefficient (Wildman–Crippen LogP) is 3.18. The average Bonchev–Trinajstić information content (AvgIpc) is 3.54. The number of hydrogen-bond donors (Lipinski definition) is 1. The molecule has 2 aliphatic rings. The Hall–Kier alpha value is -2.49. The maximum Gasteiger partial charge on any atom is 0.332 e. The third kappa shape index (κ3) is 4.53. The largest absolute Gasteiger partial charge is 0.396 e. The van der Waals surface area contributed by atoms with Crippen molar-refractivity contribution in [1.82, 2.24) is 23.6 Å². The number of likely N-dealkylation sites (tertiary alicyclic amines) is 1. The first-order valence-corrected chi connectivity index (χ1v) is 13.2. The molecule has 0 atom stereocenters. The number of aryl methyl sites for hydroxylation is 1. The normalized spacial score (nSPS) is 23.1. The molecule has 3 heterocycles. The number of aliphatic hydroxyl groups excluding tert-OH is 1. The van der Waals surface area contributed by atoms with E-state index in [1.54, 1.807) is 23.7 Å². The molecule has 0 amide bonds. The highest BCUT2D eigenvalue weighted by Gasteiger charge is 2.43. The van der Waals surface area contributed by atoms with Crippen LogP contribution in [0.2, 0.25) is 5.02 Å². The van der Waals surface area contributed by atoms with Crippen LogP contribution in [0.5, 0.6) is 0 Å². The van der Waals surface area contributed by atoms with Crippen molar-refractivity contribution in [2.75, 3.05) is 19.7 Å². The quantitative estimate of drug-likeness (QED) is 0.520. The van der Waals surface area contributed by atoms with Crippen LogP contribution in [-0.4, -0.2) is 54.4 Å². The van der Waals surface area contributed by atoms with E-state index in [0.717, 1.165) is 36.1 Å². The van der Waals surface area contributed by atoms with Gasteiger partial charge in [-0.2, -0.15) is 0 Å². The van der Waals surface area contributed by atoms with Gasteiger partial charge in [0.1, 0.15) is 5.82 Å². The van der Waals surface area contributed by atoms with Gasteiger partial charge in [-0.3, -0.25) is 13.9 Å². The fraction of sp³-hybridized carbons (Fsp3) is 0.577. The molecule has 194 valence electrons. The molecule has 1 N–H and O–H groups in total. The lowest BCUT2D eigenvalue weighted by Gasteiger charge is -2.37. The highest BCUT2D eigenvalue weighted by molar-refractivity contribution is 6.30. The number of hydrogen-bond acceptors (Lipinski definition) is 5. The van der Waals surface area contributed by atoms with Gasteiger partial charge in [0.2, 0.25) is 0 Å². The van der Waals surface area contributed by atoms with Gasteiger partial charge in [-0.25, -0.2) is 14.2 Å². The molecule has 1 aliphatic carbocycles. The van der Waals surface area contributed by atoms with E-state index in [1.807, 2.05) is 12.1 Å². The van der Waals surface area contributed by atoms with Gasteiger partial charge >= 0.3 is 5.69 Å². The van der Waals surface area contributed by atoms with Crippen molar-refractivity contribution in [1.29, 1.82) is 0 Å². The number of fused-ring (bicyclic) bond motifs is 1. The minimum atomic E-state index is -1.69. The van der Waals surface area contributed by atoms with E-state index < -0.39 is 16.9 Å². The summed E-state index contributed by atoms with van der Waals surface area (Å²) in [6.45, 7) is 2.33. The lowest BCUT2D eigenvalue weighted by atomic mass is 9.82. The number of benzene rings is 1. The molecule has 0 unspecified atom stereocenters. The number of rotatable bonds is 7. The van der Waals surface area contributed by atoms with E-state index in [2.05, 4.69) is 9.88 Å². The van der Waals surface area contributed by atoms with E-state index in [9.17, 15) is 14.7 Å². The number of halogens is 2. The Morgan fingerprint density at radius 1 is 1.11 bits per heavy atom. The maximum absolute atomic E-state index is 16.7. The Bertz CT molecular complexity index is 1350. The number of alkyl halides is 1. The van der Waals surface area contributed by atoms with Crippen molar-refractivity contribution < 1.29 is 9.50 Å². The van der Waals surface area contributed by atoms with E-state index in [4.69, 9.17) is 11.6 Å². The van der Waals surface area contributed by atoms with Gasteiger partial charge in [0.15, 0.2) is 16.8 Å². The first-order valence-electron chi connectivity index (χ1n) is 12.8. The molecule has 0 spiro atoms. The fourth-order valence-electron chi connectivity index (χ4n) is 5.82. The summed E-state index contributed by atoms with van der Waals surface area (Å²) < 4.78 is 20.8. The molecule has 1 aromatic carbocycles. The van der Waals surface area contributed by atoms with Gasteiger partial charge < -0.3 is 14.6 Å². The Labute approximate surface area is 213 Å². The van der Waals surface area contributed by atoms with Crippen molar-refractivity contribution in [2.24, 2.45) is 7.05 Å². The number of nitrogens with zero attached hydrogens (tertiary/aromatic N) is 5. The third-order valence-corrected chi connectivity index (χ3v) is 8.08. The molecule has 2 aromatic heterocycles. The van der Waals surface area contributed by atoms with Crippen molar-refractivity contribution in [3.05, 3.63) is 61.5 Å². The average molecular weight is 518 g/mol. The van der Waals surface area contributed by atoms with Crippen molar-refractivity contribution >= 4 is 22.8 Å². The second kappa shape index (κ2) is 10.1. The van der Waals surface area contributed by atoms with Crippen LogP contribution in [0.15, 0.2) is 33.9 Å². The molecule has 36 heavy (non-hydrogen) atoms. The van der Waals surface area contributed by atoms with Crippen LogP contribution in [0.25, 0.3) is 11.2 Å². The highest BCUT2D eigenvalue weighted by atomic mass is 35.5. The molecular formula is C26H33ClFN5O3. The Morgan fingerprint density at radius 2 is 1.78 bits per heavy atom. The van der Waals surface area contributed by atoms with Gasteiger partial charge in [0, 0.05) is 37.8 Å². The van der Waals surface area contributed by atoms with Crippen molar-refractivity contribution in [2.45, 2.75) is 69.7 Å². The summed E-state index contributed by atoms with van der Waals surface area (Å²) in [5.41, 5.74) is -1.48. The standard InChI is InChI=1S/C26H33ClFN5O3/c1-30-22-21(23(35)32(25(30)36)15-4-16-34)33(17-18-5-7-19(27)8-6-18)24(29-22)26(28)11-9-20(10-12-26)31-13-2-3-14-31/h5-8,20,34H,2-4,9-17H2,1H3.